The van der Waals surface area contributed by atoms with Crippen LogP contribution in [0.2, 0.25) is 5.02 Å². The first-order chi connectivity index (χ1) is 13.6. The van der Waals surface area contributed by atoms with Gasteiger partial charge in [-0.1, -0.05) is 23.4 Å². The molecule has 4 rings (SSSR count). The van der Waals surface area contributed by atoms with E-state index in [4.69, 9.17) is 16.3 Å². The van der Waals surface area contributed by atoms with E-state index in [1.165, 1.54) is 24.6 Å². The smallest absolute Gasteiger partial charge is 0.237 e. The standard InChI is InChI=1S/C19H24ClN5O2S/c1-12(17(26)21-15-11-13(20)5-8-16(15)27-2)28-19-23-22-18(24-9-3-4-10-24)25(19)14-6-7-14/h5,8,11-12,14H,3-4,6-7,9-10H2,1-2H3,(H,21,26). The van der Waals surface area contributed by atoms with Crippen molar-refractivity contribution in [3.05, 3.63) is 23.2 Å². The fourth-order valence-electron chi connectivity index (χ4n) is 3.36. The first-order valence-electron chi connectivity index (χ1n) is 9.57. The van der Waals surface area contributed by atoms with Crippen LogP contribution in [0.1, 0.15) is 38.6 Å². The number of carbonyl (C=O) groups is 1. The molecular weight excluding hydrogens is 398 g/mol. The maximum atomic E-state index is 12.8. The van der Waals surface area contributed by atoms with Crippen LogP contribution < -0.4 is 15.0 Å². The first-order valence-corrected chi connectivity index (χ1v) is 10.8. The van der Waals surface area contributed by atoms with Gasteiger partial charge in [0, 0.05) is 24.2 Å². The Morgan fingerprint density at radius 1 is 1.32 bits per heavy atom. The molecule has 9 heteroatoms. The number of halogens is 1. The summed E-state index contributed by atoms with van der Waals surface area (Å²) in [4.78, 5) is 15.1. The number of carbonyl (C=O) groups excluding carboxylic acids is 1. The molecule has 0 radical (unpaired) electrons. The summed E-state index contributed by atoms with van der Waals surface area (Å²) in [6, 6.07) is 5.61. The zero-order valence-electron chi connectivity index (χ0n) is 16.0. The summed E-state index contributed by atoms with van der Waals surface area (Å²) in [7, 11) is 1.56. The summed E-state index contributed by atoms with van der Waals surface area (Å²) in [5.74, 6) is 1.40. The van der Waals surface area contributed by atoms with Crippen molar-refractivity contribution >= 4 is 40.9 Å². The second-order valence-corrected chi connectivity index (χ2v) is 8.92. The number of methoxy groups -OCH3 is 1. The summed E-state index contributed by atoms with van der Waals surface area (Å²) in [6.07, 6.45) is 4.68. The molecule has 1 aliphatic heterocycles. The monoisotopic (exact) mass is 421 g/mol. The Morgan fingerprint density at radius 2 is 2.07 bits per heavy atom. The highest BCUT2D eigenvalue weighted by atomic mass is 35.5. The fourth-order valence-corrected chi connectivity index (χ4v) is 4.45. The molecule has 1 amide bonds. The molecule has 0 spiro atoms. The lowest BCUT2D eigenvalue weighted by molar-refractivity contribution is -0.115. The number of hydrogen-bond donors (Lipinski definition) is 1. The van der Waals surface area contributed by atoms with Gasteiger partial charge in [0.05, 0.1) is 18.0 Å². The van der Waals surface area contributed by atoms with E-state index < -0.39 is 0 Å². The van der Waals surface area contributed by atoms with Crippen molar-refractivity contribution in [3.8, 4) is 5.75 Å². The highest BCUT2D eigenvalue weighted by Gasteiger charge is 2.33. The van der Waals surface area contributed by atoms with Gasteiger partial charge in [-0.2, -0.15) is 0 Å². The third kappa shape index (κ3) is 4.07. The van der Waals surface area contributed by atoms with Crippen molar-refractivity contribution in [2.75, 3.05) is 30.4 Å². The van der Waals surface area contributed by atoms with Gasteiger partial charge >= 0.3 is 0 Å². The van der Waals surface area contributed by atoms with Crippen molar-refractivity contribution in [2.45, 2.75) is 49.1 Å². The van der Waals surface area contributed by atoms with Crippen LogP contribution in [-0.4, -0.2) is 46.1 Å². The average molecular weight is 422 g/mol. The third-order valence-electron chi connectivity index (χ3n) is 5.02. The molecule has 1 aromatic carbocycles. The first kappa shape index (κ1) is 19.4. The molecule has 1 saturated heterocycles. The SMILES string of the molecule is COc1ccc(Cl)cc1NC(=O)C(C)Sc1nnc(N2CCCC2)n1C1CC1. The molecule has 150 valence electrons. The molecule has 2 aromatic rings. The van der Waals surface area contributed by atoms with Gasteiger partial charge in [0.1, 0.15) is 5.75 Å². The van der Waals surface area contributed by atoms with Crippen molar-refractivity contribution in [2.24, 2.45) is 0 Å². The number of amides is 1. The van der Waals surface area contributed by atoms with Gasteiger partial charge in [0.2, 0.25) is 11.9 Å². The Hall–Kier alpha value is -1.93. The van der Waals surface area contributed by atoms with Crippen LogP contribution in [0.15, 0.2) is 23.4 Å². The van der Waals surface area contributed by atoms with Crippen LogP contribution in [-0.2, 0) is 4.79 Å². The number of nitrogens with one attached hydrogen (secondary N) is 1. The Bertz CT molecular complexity index is 864. The molecule has 2 aliphatic rings. The molecule has 1 aliphatic carbocycles. The molecule has 1 saturated carbocycles. The number of anilines is 2. The van der Waals surface area contributed by atoms with Gasteiger partial charge in [-0.15, -0.1) is 10.2 Å². The van der Waals surface area contributed by atoms with Gasteiger partial charge in [0.25, 0.3) is 0 Å². The van der Waals surface area contributed by atoms with Gasteiger partial charge < -0.3 is 15.0 Å². The van der Waals surface area contributed by atoms with E-state index in [9.17, 15) is 4.79 Å². The Morgan fingerprint density at radius 3 is 2.75 bits per heavy atom. The molecule has 28 heavy (non-hydrogen) atoms. The molecule has 7 nitrogen and oxygen atoms in total. The molecule has 2 fully saturated rings. The van der Waals surface area contributed by atoms with E-state index in [-0.39, 0.29) is 11.2 Å². The van der Waals surface area contributed by atoms with Crippen LogP contribution in [0.25, 0.3) is 0 Å². The van der Waals surface area contributed by atoms with Crippen molar-refractivity contribution in [1.29, 1.82) is 0 Å². The van der Waals surface area contributed by atoms with Crippen LogP contribution in [0.5, 0.6) is 5.75 Å². The van der Waals surface area contributed by atoms with E-state index in [2.05, 4.69) is 25.0 Å². The number of ether oxygens (including phenoxy) is 1. The Balaban J connectivity index is 1.48. The molecule has 1 aromatic heterocycles. The summed E-state index contributed by atoms with van der Waals surface area (Å²) in [6.45, 7) is 3.93. The Kier molecular flexibility index (Phi) is 5.68. The molecule has 1 atom stereocenters. The predicted octanol–water partition coefficient (Wildman–Crippen LogP) is 3.99. The number of hydrogen-bond acceptors (Lipinski definition) is 6. The minimum absolute atomic E-state index is 0.126. The van der Waals surface area contributed by atoms with Crippen molar-refractivity contribution < 1.29 is 9.53 Å². The van der Waals surface area contributed by atoms with Crippen LogP contribution in [0, 0.1) is 0 Å². The molecule has 0 bridgehead atoms. The quantitative estimate of drug-likeness (QED) is 0.681. The lowest BCUT2D eigenvalue weighted by Gasteiger charge is -2.19. The van der Waals surface area contributed by atoms with E-state index in [0.717, 1.165) is 37.0 Å². The summed E-state index contributed by atoms with van der Waals surface area (Å²) >= 11 is 7.50. The van der Waals surface area contributed by atoms with Crippen LogP contribution in [0.3, 0.4) is 0 Å². The van der Waals surface area contributed by atoms with E-state index >= 15 is 0 Å². The summed E-state index contributed by atoms with van der Waals surface area (Å²) in [5, 5.41) is 12.8. The van der Waals surface area contributed by atoms with E-state index in [1.807, 2.05) is 6.92 Å². The topological polar surface area (TPSA) is 72.3 Å². The van der Waals surface area contributed by atoms with Crippen molar-refractivity contribution in [3.63, 3.8) is 0 Å². The molecular formula is C19H24ClN5O2S. The number of rotatable bonds is 7. The second-order valence-electron chi connectivity index (χ2n) is 7.17. The maximum Gasteiger partial charge on any atom is 0.237 e. The lowest BCUT2D eigenvalue weighted by Crippen LogP contribution is -2.24. The van der Waals surface area contributed by atoms with E-state index in [1.54, 1.807) is 25.3 Å². The van der Waals surface area contributed by atoms with Crippen LogP contribution >= 0.6 is 23.4 Å². The van der Waals surface area contributed by atoms with Gasteiger partial charge in [-0.3, -0.25) is 9.36 Å². The third-order valence-corrected chi connectivity index (χ3v) is 6.31. The average Bonchev–Trinajstić information content (AvgIpc) is 3.20. The zero-order valence-corrected chi connectivity index (χ0v) is 17.6. The minimum atomic E-state index is -0.336. The number of aromatic nitrogens is 3. The minimum Gasteiger partial charge on any atom is -0.495 e. The van der Waals surface area contributed by atoms with Gasteiger partial charge in [0.15, 0.2) is 5.16 Å². The lowest BCUT2D eigenvalue weighted by atomic mass is 10.3. The summed E-state index contributed by atoms with van der Waals surface area (Å²) in [5.41, 5.74) is 0.564. The zero-order chi connectivity index (χ0) is 19.7. The van der Waals surface area contributed by atoms with Gasteiger partial charge in [-0.25, -0.2) is 0 Å². The number of nitrogens with zero attached hydrogens (tertiary/aromatic N) is 4. The molecule has 1 N–H and O–H groups in total. The maximum absolute atomic E-state index is 12.8. The summed E-state index contributed by atoms with van der Waals surface area (Å²) < 4.78 is 7.53. The van der Waals surface area contributed by atoms with Crippen LogP contribution in [0.4, 0.5) is 11.6 Å². The number of thioether (sulfide) groups is 1. The highest BCUT2D eigenvalue weighted by molar-refractivity contribution is 8.00. The predicted molar refractivity (Wildman–Crippen MR) is 112 cm³/mol. The van der Waals surface area contributed by atoms with Gasteiger partial charge in [-0.05, 0) is 50.8 Å². The fraction of sp³-hybridized carbons (Fsp3) is 0.526. The Labute approximate surface area is 173 Å². The second kappa shape index (κ2) is 8.21. The normalized spacial score (nSPS) is 17.6. The van der Waals surface area contributed by atoms with E-state index in [0.29, 0.717) is 22.5 Å². The molecule has 2 heterocycles. The number of benzene rings is 1. The largest absolute Gasteiger partial charge is 0.495 e. The molecule has 1 unspecified atom stereocenters. The van der Waals surface area contributed by atoms with Crippen molar-refractivity contribution in [1.82, 2.24) is 14.8 Å². The highest BCUT2D eigenvalue weighted by Crippen LogP contribution is 2.42.